The van der Waals surface area contributed by atoms with Crippen LogP contribution in [-0.4, -0.2) is 28.0 Å². The largest absolute Gasteiger partial charge is 0.504 e. The van der Waals surface area contributed by atoms with Gasteiger partial charge in [-0.05, 0) is 56.0 Å². The molecule has 2 rings (SSSR count). The van der Waals surface area contributed by atoms with E-state index in [0.717, 1.165) is 4.90 Å². The van der Waals surface area contributed by atoms with Crippen LogP contribution in [0, 0.1) is 5.41 Å². The first kappa shape index (κ1) is 18.8. The highest BCUT2D eigenvalue weighted by Gasteiger charge is 2.34. The van der Waals surface area contributed by atoms with Crippen LogP contribution in [0.5, 0.6) is 11.5 Å². The van der Waals surface area contributed by atoms with Crippen LogP contribution in [0.3, 0.4) is 0 Å². The fourth-order valence-electron chi connectivity index (χ4n) is 2.24. The molecule has 2 aromatic carbocycles. The minimum atomic E-state index is -1.20. The smallest absolute Gasteiger partial charge is 0.176 e. The Bertz CT molecular complexity index is 820. The molecule has 4 nitrogen and oxygen atoms in total. The third-order valence-corrected chi connectivity index (χ3v) is 4.71. The van der Waals surface area contributed by atoms with Crippen LogP contribution in [0.4, 0.5) is 0 Å². The van der Waals surface area contributed by atoms with Crippen LogP contribution in [-0.2, 0) is 4.79 Å². The van der Waals surface area contributed by atoms with Gasteiger partial charge < -0.3 is 10.2 Å². The van der Waals surface area contributed by atoms with E-state index in [2.05, 4.69) is 0 Å². The van der Waals surface area contributed by atoms with E-state index >= 15 is 0 Å². The molecule has 2 aromatic rings. The van der Waals surface area contributed by atoms with Gasteiger partial charge in [-0.3, -0.25) is 9.59 Å². The summed E-state index contributed by atoms with van der Waals surface area (Å²) in [6.45, 7) is 3.19. The van der Waals surface area contributed by atoms with E-state index in [1.54, 1.807) is 43.8 Å². The van der Waals surface area contributed by atoms with Crippen molar-refractivity contribution in [1.29, 1.82) is 0 Å². The summed E-state index contributed by atoms with van der Waals surface area (Å²) < 4.78 is 0. The maximum Gasteiger partial charge on any atom is 0.176 e. The van der Waals surface area contributed by atoms with Crippen LogP contribution < -0.4 is 0 Å². The number of rotatable bonds is 6. The summed E-state index contributed by atoms with van der Waals surface area (Å²) >= 11 is 1.58. The van der Waals surface area contributed by atoms with Gasteiger partial charge in [-0.1, -0.05) is 24.3 Å². The van der Waals surface area contributed by atoms with Crippen LogP contribution in [0.1, 0.15) is 29.8 Å². The monoisotopic (exact) mass is 356 g/mol. The number of ketones is 2. The van der Waals surface area contributed by atoms with Crippen molar-refractivity contribution >= 4 is 29.4 Å². The summed E-state index contributed by atoms with van der Waals surface area (Å²) in [5, 5.41) is 18.8. The molecular weight excluding hydrogens is 336 g/mol. The number of carbonyl (C=O) groups is 2. The molecule has 0 aromatic heterocycles. The molecule has 0 fully saturated rings. The Balaban J connectivity index is 2.18. The van der Waals surface area contributed by atoms with Crippen molar-refractivity contribution in [1.82, 2.24) is 0 Å². The quantitative estimate of drug-likeness (QED) is 0.265. The van der Waals surface area contributed by atoms with Gasteiger partial charge in [-0.2, -0.15) is 0 Å². The molecule has 130 valence electrons. The average molecular weight is 356 g/mol. The molecule has 0 radical (unpaired) electrons. The Hall–Kier alpha value is -2.53. The second-order valence-corrected chi connectivity index (χ2v) is 7.01. The first-order chi connectivity index (χ1) is 11.8. The van der Waals surface area contributed by atoms with Gasteiger partial charge in [0.2, 0.25) is 0 Å². The minimum Gasteiger partial charge on any atom is -0.504 e. The standard InChI is InChI=1S/C20H20O4S/c1-20(2,19(24)14-6-8-15(25-3)9-7-14)18(23)11-5-13-4-10-16(21)17(22)12-13/h4-12,21-22H,1-3H3. The van der Waals surface area contributed by atoms with Crippen LogP contribution in [0.2, 0.25) is 0 Å². The normalized spacial score (nSPS) is 11.6. The summed E-state index contributed by atoms with van der Waals surface area (Å²) in [5.41, 5.74) is -0.154. The Kier molecular flexibility index (Phi) is 5.69. The lowest BCUT2D eigenvalue weighted by Crippen LogP contribution is -2.32. The molecule has 0 aliphatic rings. The summed E-state index contributed by atoms with van der Waals surface area (Å²) in [6, 6.07) is 11.4. The molecule has 0 aliphatic carbocycles. The molecule has 2 N–H and O–H groups in total. The first-order valence-electron chi connectivity index (χ1n) is 7.69. The van der Waals surface area contributed by atoms with Crippen LogP contribution in [0.25, 0.3) is 6.08 Å². The highest BCUT2D eigenvalue weighted by molar-refractivity contribution is 7.98. The number of thioether (sulfide) groups is 1. The Labute approximate surface area is 151 Å². The van der Waals surface area contributed by atoms with E-state index in [1.165, 1.54) is 24.3 Å². The molecule has 25 heavy (non-hydrogen) atoms. The van der Waals surface area contributed by atoms with E-state index in [4.69, 9.17) is 0 Å². The first-order valence-corrected chi connectivity index (χ1v) is 8.91. The van der Waals surface area contributed by atoms with E-state index in [1.807, 2.05) is 18.4 Å². The molecular formula is C20H20O4S. The number of phenolic OH excluding ortho intramolecular Hbond substituents is 2. The van der Waals surface area contributed by atoms with Crippen molar-refractivity contribution in [2.45, 2.75) is 18.7 Å². The number of carbonyl (C=O) groups excluding carboxylic acids is 2. The van der Waals surface area contributed by atoms with E-state index in [0.29, 0.717) is 11.1 Å². The van der Waals surface area contributed by atoms with Crippen molar-refractivity contribution in [2.24, 2.45) is 5.41 Å². The third-order valence-electron chi connectivity index (χ3n) is 3.96. The van der Waals surface area contributed by atoms with Gasteiger partial charge in [-0.15, -0.1) is 11.8 Å². The van der Waals surface area contributed by atoms with Gasteiger partial charge in [0.15, 0.2) is 23.1 Å². The zero-order valence-corrected chi connectivity index (χ0v) is 15.1. The Morgan fingerprint density at radius 3 is 2.20 bits per heavy atom. The minimum absolute atomic E-state index is 0.229. The Morgan fingerprint density at radius 1 is 1.00 bits per heavy atom. The molecule has 0 amide bonds. The number of Topliss-reactive ketones (excluding diaryl/α,β-unsaturated/α-hetero) is 1. The highest BCUT2D eigenvalue weighted by Crippen LogP contribution is 2.27. The van der Waals surface area contributed by atoms with E-state index in [-0.39, 0.29) is 23.1 Å². The maximum atomic E-state index is 12.7. The maximum absolute atomic E-state index is 12.7. The predicted molar refractivity (Wildman–Crippen MR) is 100 cm³/mol. The topological polar surface area (TPSA) is 74.6 Å². The summed E-state index contributed by atoms with van der Waals surface area (Å²) in [5.74, 6) is -1.08. The van der Waals surface area contributed by atoms with Crippen molar-refractivity contribution < 1.29 is 19.8 Å². The summed E-state index contributed by atoms with van der Waals surface area (Å²) in [4.78, 5) is 26.2. The van der Waals surface area contributed by atoms with E-state index < -0.39 is 5.41 Å². The van der Waals surface area contributed by atoms with Crippen molar-refractivity contribution in [3.63, 3.8) is 0 Å². The van der Waals surface area contributed by atoms with Gasteiger partial charge in [0.25, 0.3) is 0 Å². The molecule has 0 unspecified atom stereocenters. The number of hydrogen-bond donors (Lipinski definition) is 2. The van der Waals surface area contributed by atoms with Gasteiger partial charge >= 0.3 is 0 Å². The molecule has 0 spiro atoms. The lowest BCUT2D eigenvalue weighted by Gasteiger charge is -2.20. The molecule has 5 heteroatoms. The number of allylic oxidation sites excluding steroid dienone is 1. The zero-order chi connectivity index (χ0) is 18.6. The van der Waals surface area contributed by atoms with Crippen molar-refractivity contribution in [2.75, 3.05) is 6.26 Å². The lowest BCUT2D eigenvalue weighted by molar-refractivity contribution is -0.120. The van der Waals surface area contributed by atoms with Crippen LogP contribution in [0.15, 0.2) is 53.4 Å². The summed E-state index contributed by atoms with van der Waals surface area (Å²) in [6.07, 6.45) is 4.78. The van der Waals surface area contributed by atoms with Gasteiger partial charge in [0, 0.05) is 10.5 Å². The summed E-state index contributed by atoms with van der Waals surface area (Å²) in [7, 11) is 0. The molecule has 0 atom stereocenters. The van der Waals surface area contributed by atoms with Gasteiger partial charge in [0.05, 0.1) is 5.41 Å². The average Bonchev–Trinajstić information content (AvgIpc) is 2.61. The second kappa shape index (κ2) is 7.57. The molecule has 0 saturated carbocycles. The molecule has 0 bridgehead atoms. The van der Waals surface area contributed by atoms with Crippen LogP contribution >= 0.6 is 11.8 Å². The number of aromatic hydroxyl groups is 2. The Morgan fingerprint density at radius 2 is 1.64 bits per heavy atom. The fourth-order valence-corrected chi connectivity index (χ4v) is 2.65. The third kappa shape index (κ3) is 4.31. The van der Waals surface area contributed by atoms with Gasteiger partial charge in [-0.25, -0.2) is 0 Å². The van der Waals surface area contributed by atoms with Crippen molar-refractivity contribution in [3.05, 3.63) is 59.7 Å². The van der Waals surface area contributed by atoms with Gasteiger partial charge in [0.1, 0.15) is 0 Å². The highest BCUT2D eigenvalue weighted by atomic mass is 32.2. The molecule has 0 heterocycles. The van der Waals surface area contributed by atoms with E-state index in [9.17, 15) is 19.8 Å². The second-order valence-electron chi connectivity index (χ2n) is 6.13. The molecule has 0 saturated heterocycles. The SMILES string of the molecule is CSc1ccc(C(=O)C(C)(C)C(=O)C=Cc2ccc(O)c(O)c2)cc1. The zero-order valence-electron chi connectivity index (χ0n) is 14.3. The fraction of sp³-hybridized carbons (Fsp3) is 0.200. The molecule has 0 aliphatic heterocycles. The number of phenols is 2. The van der Waals surface area contributed by atoms with Crippen molar-refractivity contribution in [3.8, 4) is 11.5 Å². The predicted octanol–water partition coefficient (Wildman–Crippen LogP) is 4.31. The number of benzene rings is 2. The number of hydrogen-bond acceptors (Lipinski definition) is 5. The lowest BCUT2D eigenvalue weighted by atomic mass is 9.80.